The molecule has 0 saturated heterocycles. The summed E-state index contributed by atoms with van der Waals surface area (Å²) in [5.41, 5.74) is 1.39. The SMILES string of the molecule is Cc1cc(C)nc(NC(=O)NC(C)(C)C)n1. The Bertz CT molecular complexity index is 375. The van der Waals surface area contributed by atoms with E-state index in [1.165, 1.54) is 0 Å². The molecule has 0 aliphatic rings. The second-order valence-corrected chi connectivity index (χ2v) is 4.80. The minimum absolute atomic E-state index is 0.275. The Hall–Kier alpha value is -1.65. The number of aryl methyl sites for hydroxylation is 2. The predicted octanol–water partition coefficient (Wildman–Crippen LogP) is 2.01. The van der Waals surface area contributed by atoms with Crippen LogP contribution in [-0.2, 0) is 0 Å². The molecule has 0 unspecified atom stereocenters. The molecule has 0 aliphatic carbocycles. The Morgan fingerprint density at radius 3 is 2.12 bits per heavy atom. The molecule has 0 saturated carbocycles. The highest BCUT2D eigenvalue weighted by molar-refractivity contribution is 5.87. The maximum Gasteiger partial charge on any atom is 0.322 e. The average Bonchev–Trinajstić information content (AvgIpc) is 1.96. The zero-order chi connectivity index (χ0) is 12.3. The summed E-state index contributed by atoms with van der Waals surface area (Å²) in [5.74, 6) is 0.333. The smallest absolute Gasteiger partial charge is 0.322 e. The molecule has 1 aromatic heterocycles. The molecule has 0 aromatic carbocycles. The van der Waals surface area contributed by atoms with Gasteiger partial charge in [-0.25, -0.2) is 14.8 Å². The summed E-state index contributed by atoms with van der Waals surface area (Å²) in [5, 5.41) is 5.38. The number of amides is 2. The van der Waals surface area contributed by atoms with Crippen LogP contribution < -0.4 is 10.6 Å². The molecule has 1 rings (SSSR count). The van der Waals surface area contributed by atoms with Gasteiger partial charge in [0.2, 0.25) is 5.95 Å². The molecule has 0 spiro atoms. The fraction of sp³-hybridized carbons (Fsp3) is 0.545. The molecule has 0 radical (unpaired) electrons. The van der Waals surface area contributed by atoms with Gasteiger partial charge in [-0.15, -0.1) is 0 Å². The van der Waals surface area contributed by atoms with Crippen LogP contribution in [0.15, 0.2) is 6.07 Å². The minimum atomic E-state index is -0.294. The molecule has 5 heteroatoms. The van der Waals surface area contributed by atoms with E-state index in [4.69, 9.17) is 0 Å². The number of rotatable bonds is 1. The highest BCUT2D eigenvalue weighted by Crippen LogP contribution is 2.04. The molecular formula is C11H18N4O. The lowest BCUT2D eigenvalue weighted by molar-refractivity contribution is 0.243. The van der Waals surface area contributed by atoms with Crippen molar-refractivity contribution in [2.45, 2.75) is 40.2 Å². The standard InChI is InChI=1S/C11H18N4O/c1-7-6-8(2)13-9(12-7)14-10(16)15-11(3,4)5/h6H,1-5H3,(H2,12,13,14,15,16). The van der Waals surface area contributed by atoms with Crippen LogP contribution in [0.1, 0.15) is 32.2 Å². The zero-order valence-electron chi connectivity index (χ0n) is 10.4. The van der Waals surface area contributed by atoms with Crippen LogP contribution in [0.3, 0.4) is 0 Å². The summed E-state index contributed by atoms with van der Waals surface area (Å²) in [6, 6.07) is 1.56. The number of urea groups is 1. The molecular weight excluding hydrogens is 204 g/mol. The number of hydrogen-bond acceptors (Lipinski definition) is 3. The van der Waals surface area contributed by atoms with Gasteiger partial charge in [0, 0.05) is 16.9 Å². The zero-order valence-corrected chi connectivity index (χ0v) is 10.4. The first-order valence-electron chi connectivity index (χ1n) is 5.18. The van der Waals surface area contributed by atoms with Crippen LogP contribution in [0.2, 0.25) is 0 Å². The average molecular weight is 222 g/mol. The number of nitrogens with one attached hydrogen (secondary N) is 2. The monoisotopic (exact) mass is 222 g/mol. The predicted molar refractivity (Wildman–Crippen MR) is 63.4 cm³/mol. The summed E-state index contributed by atoms with van der Waals surface area (Å²) in [4.78, 5) is 19.8. The van der Waals surface area contributed by atoms with Gasteiger partial charge in [0.25, 0.3) is 0 Å². The number of carbonyl (C=O) groups excluding carboxylic acids is 1. The quantitative estimate of drug-likeness (QED) is 0.763. The maximum atomic E-state index is 11.5. The van der Waals surface area contributed by atoms with Crippen molar-refractivity contribution >= 4 is 12.0 Å². The van der Waals surface area contributed by atoms with Gasteiger partial charge in [-0.05, 0) is 40.7 Å². The van der Waals surface area contributed by atoms with Gasteiger partial charge in [0.05, 0.1) is 0 Å². The Balaban J connectivity index is 2.70. The Morgan fingerprint density at radius 1 is 1.19 bits per heavy atom. The van der Waals surface area contributed by atoms with Crippen molar-refractivity contribution in [2.24, 2.45) is 0 Å². The first kappa shape index (κ1) is 12.4. The third-order valence-corrected chi connectivity index (χ3v) is 1.70. The first-order valence-corrected chi connectivity index (χ1v) is 5.18. The van der Waals surface area contributed by atoms with E-state index in [0.29, 0.717) is 5.95 Å². The second-order valence-electron chi connectivity index (χ2n) is 4.80. The lowest BCUT2D eigenvalue weighted by Gasteiger charge is -2.20. The molecule has 1 aromatic rings. The van der Waals surface area contributed by atoms with E-state index in [1.807, 2.05) is 40.7 Å². The molecule has 1 heterocycles. The van der Waals surface area contributed by atoms with Gasteiger partial charge in [0.1, 0.15) is 0 Å². The van der Waals surface area contributed by atoms with E-state index in [2.05, 4.69) is 20.6 Å². The van der Waals surface area contributed by atoms with Gasteiger partial charge < -0.3 is 5.32 Å². The van der Waals surface area contributed by atoms with Crippen molar-refractivity contribution in [3.8, 4) is 0 Å². The molecule has 0 bridgehead atoms. The van der Waals surface area contributed by atoms with Gasteiger partial charge in [0.15, 0.2) is 0 Å². The summed E-state index contributed by atoms with van der Waals surface area (Å²) >= 11 is 0. The van der Waals surface area contributed by atoms with Crippen molar-refractivity contribution in [2.75, 3.05) is 5.32 Å². The summed E-state index contributed by atoms with van der Waals surface area (Å²) in [7, 11) is 0. The van der Waals surface area contributed by atoms with Crippen LogP contribution in [0.4, 0.5) is 10.7 Å². The molecule has 5 nitrogen and oxygen atoms in total. The Labute approximate surface area is 95.7 Å². The number of hydrogen-bond donors (Lipinski definition) is 2. The highest BCUT2D eigenvalue weighted by atomic mass is 16.2. The molecule has 2 amide bonds. The maximum absolute atomic E-state index is 11.5. The molecule has 2 N–H and O–H groups in total. The van der Waals surface area contributed by atoms with Crippen molar-refractivity contribution in [3.63, 3.8) is 0 Å². The van der Waals surface area contributed by atoms with E-state index in [0.717, 1.165) is 11.4 Å². The van der Waals surface area contributed by atoms with Crippen molar-refractivity contribution in [1.29, 1.82) is 0 Å². The van der Waals surface area contributed by atoms with Crippen LogP contribution in [0.25, 0.3) is 0 Å². The third kappa shape index (κ3) is 4.25. The van der Waals surface area contributed by atoms with E-state index in [-0.39, 0.29) is 11.6 Å². The molecule has 88 valence electrons. The Morgan fingerprint density at radius 2 is 1.69 bits per heavy atom. The van der Waals surface area contributed by atoms with Crippen molar-refractivity contribution in [1.82, 2.24) is 15.3 Å². The van der Waals surface area contributed by atoms with Gasteiger partial charge in [-0.2, -0.15) is 0 Å². The molecule has 0 atom stereocenters. The first-order chi connectivity index (χ1) is 7.26. The van der Waals surface area contributed by atoms with E-state index >= 15 is 0 Å². The van der Waals surface area contributed by atoms with Crippen LogP contribution in [0, 0.1) is 13.8 Å². The normalized spacial score (nSPS) is 11.1. The van der Waals surface area contributed by atoms with Gasteiger partial charge >= 0.3 is 6.03 Å². The lowest BCUT2D eigenvalue weighted by Crippen LogP contribution is -2.43. The minimum Gasteiger partial charge on any atom is -0.333 e. The number of carbonyl (C=O) groups is 1. The van der Waals surface area contributed by atoms with Crippen LogP contribution >= 0.6 is 0 Å². The van der Waals surface area contributed by atoms with E-state index in [9.17, 15) is 4.79 Å². The summed E-state index contributed by atoms with van der Waals surface area (Å²) < 4.78 is 0. The topological polar surface area (TPSA) is 66.9 Å². The van der Waals surface area contributed by atoms with Crippen LogP contribution in [-0.4, -0.2) is 21.5 Å². The number of aromatic nitrogens is 2. The summed E-state index contributed by atoms with van der Waals surface area (Å²) in [6.45, 7) is 9.46. The third-order valence-electron chi connectivity index (χ3n) is 1.70. The highest BCUT2D eigenvalue weighted by Gasteiger charge is 2.14. The van der Waals surface area contributed by atoms with E-state index < -0.39 is 0 Å². The molecule has 16 heavy (non-hydrogen) atoms. The molecule has 0 aliphatic heterocycles. The number of anilines is 1. The number of nitrogens with zero attached hydrogens (tertiary/aromatic N) is 2. The fourth-order valence-corrected chi connectivity index (χ4v) is 1.26. The fourth-order valence-electron chi connectivity index (χ4n) is 1.26. The van der Waals surface area contributed by atoms with Crippen molar-refractivity contribution in [3.05, 3.63) is 17.5 Å². The largest absolute Gasteiger partial charge is 0.333 e. The van der Waals surface area contributed by atoms with Gasteiger partial charge in [-0.3, -0.25) is 5.32 Å². The van der Waals surface area contributed by atoms with E-state index in [1.54, 1.807) is 0 Å². The second kappa shape index (κ2) is 4.47. The van der Waals surface area contributed by atoms with Crippen LogP contribution in [0.5, 0.6) is 0 Å². The van der Waals surface area contributed by atoms with Gasteiger partial charge in [-0.1, -0.05) is 0 Å². The summed E-state index contributed by atoms with van der Waals surface area (Å²) in [6.07, 6.45) is 0. The van der Waals surface area contributed by atoms with Crippen molar-refractivity contribution < 1.29 is 4.79 Å². The lowest BCUT2D eigenvalue weighted by atomic mass is 10.1. The molecule has 0 fully saturated rings. The Kier molecular flexibility index (Phi) is 3.47.